The molecule has 0 aromatic carbocycles. The van der Waals surface area contributed by atoms with Gasteiger partial charge in [0.15, 0.2) is 0 Å². The van der Waals surface area contributed by atoms with Crippen molar-refractivity contribution in [1.29, 1.82) is 0 Å². The zero-order valence-corrected chi connectivity index (χ0v) is 24.1. The maximum atomic E-state index is 7.00. The fraction of sp³-hybridized carbons (Fsp3) is 0.826. The Labute approximate surface area is 208 Å². The van der Waals surface area contributed by atoms with E-state index >= 15 is 0 Å². The summed E-state index contributed by atoms with van der Waals surface area (Å²) in [6.07, 6.45) is 17.0. The van der Waals surface area contributed by atoms with Crippen LogP contribution in [0.15, 0.2) is 16.7 Å². The summed E-state index contributed by atoms with van der Waals surface area (Å²) in [5.74, 6) is 0.560. The second kappa shape index (κ2) is 30.1. The molecule has 28 heavy (non-hydrogen) atoms. The van der Waals surface area contributed by atoms with Crippen LogP contribution in [0.3, 0.4) is 0 Å². The molecule has 0 amide bonds. The zero-order valence-electron chi connectivity index (χ0n) is 19.7. The van der Waals surface area contributed by atoms with Crippen LogP contribution in [0.4, 0.5) is 0 Å². The molecule has 1 radical (unpaired) electrons. The Morgan fingerprint density at radius 3 is 1.39 bits per heavy atom. The van der Waals surface area contributed by atoms with Crippen LogP contribution < -0.4 is 0 Å². The SMILES string of the molecule is CC1=[C-]C(C)C(C)=C1C.CCCCCCCCCCCC[NH-].C[SiH]C.Cl.Cl.[Ti+2]. The molecule has 0 heterocycles. The Bertz CT molecular complexity index is 351. The number of rotatable bonds is 10. The van der Waals surface area contributed by atoms with E-state index < -0.39 is 0 Å². The molecule has 1 nitrogen and oxygen atoms in total. The number of hydrogen-bond donors (Lipinski definition) is 0. The Hall–Kier alpha value is 0.951. The van der Waals surface area contributed by atoms with E-state index in [0.717, 1.165) is 15.9 Å². The zero-order chi connectivity index (χ0) is 19.5. The molecular formula is C23H48Cl2NSiTi. The van der Waals surface area contributed by atoms with E-state index in [1.54, 1.807) is 0 Å². The standard InChI is InChI=1S/C12H26N.C9H13.C2H7Si.2ClH.Ti/c1-2-3-4-5-6-7-8-9-10-11-12-13;1-6-5-7(2)9(4)8(6)3;1-3-2;;;/h13H,2-12H2,1H3;6H,1-4H3;3H,1-2H3;2*1H;/q2*-1;;;;+2. The molecule has 0 saturated heterocycles. The van der Waals surface area contributed by atoms with Crippen molar-refractivity contribution in [3.05, 3.63) is 28.5 Å². The fourth-order valence-electron chi connectivity index (χ4n) is 2.77. The van der Waals surface area contributed by atoms with E-state index in [0.29, 0.717) is 12.5 Å². The van der Waals surface area contributed by atoms with Crippen molar-refractivity contribution in [3.8, 4) is 0 Å². The minimum atomic E-state index is 0. The normalized spacial score (nSPS) is 14.3. The fourth-order valence-corrected chi connectivity index (χ4v) is 2.77. The molecule has 0 saturated carbocycles. The van der Waals surface area contributed by atoms with Gasteiger partial charge in [0.05, 0.1) is 0 Å². The van der Waals surface area contributed by atoms with Crippen molar-refractivity contribution in [2.45, 2.75) is 112 Å². The number of halogens is 2. The van der Waals surface area contributed by atoms with Crippen LogP contribution in [0, 0.1) is 12.0 Å². The topological polar surface area (TPSA) is 23.8 Å². The number of allylic oxidation sites excluding steroid dienone is 4. The summed E-state index contributed by atoms with van der Waals surface area (Å²) in [5.41, 5.74) is 11.2. The summed E-state index contributed by atoms with van der Waals surface area (Å²) in [6, 6.07) is 0. The number of unbranched alkanes of at least 4 members (excludes halogenated alkanes) is 9. The van der Waals surface area contributed by atoms with E-state index in [1.165, 1.54) is 74.5 Å². The van der Waals surface area contributed by atoms with Crippen LogP contribution in [0.1, 0.15) is 98.8 Å². The summed E-state index contributed by atoms with van der Waals surface area (Å²) < 4.78 is 0. The monoisotopic (exact) mass is 484 g/mol. The van der Waals surface area contributed by atoms with E-state index in [2.05, 4.69) is 53.8 Å². The van der Waals surface area contributed by atoms with Crippen LogP contribution in [-0.2, 0) is 21.7 Å². The predicted octanol–water partition coefficient (Wildman–Crippen LogP) is 9.04. The van der Waals surface area contributed by atoms with Crippen LogP contribution in [0.25, 0.3) is 5.73 Å². The van der Waals surface area contributed by atoms with Crippen LogP contribution in [-0.4, -0.2) is 16.1 Å². The molecule has 1 atom stereocenters. The summed E-state index contributed by atoms with van der Waals surface area (Å²) in [7, 11) is 0.750. The quantitative estimate of drug-likeness (QED) is 0.167. The first-order valence-electron chi connectivity index (χ1n) is 10.6. The molecule has 1 aliphatic rings. The van der Waals surface area contributed by atoms with Crippen molar-refractivity contribution in [2.24, 2.45) is 5.92 Å². The molecule has 1 N–H and O–H groups in total. The molecule has 0 spiro atoms. The third-order valence-electron chi connectivity index (χ3n) is 4.77. The second-order valence-corrected chi connectivity index (χ2v) is 8.46. The summed E-state index contributed by atoms with van der Waals surface area (Å²) >= 11 is 0. The maximum Gasteiger partial charge on any atom is 2.00 e. The van der Waals surface area contributed by atoms with Gasteiger partial charge in [-0.2, -0.15) is 17.7 Å². The van der Waals surface area contributed by atoms with Gasteiger partial charge >= 0.3 is 21.7 Å². The molecule has 5 heteroatoms. The third-order valence-corrected chi connectivity index (χ3v) is 4.77. The molecule has 0 fully saturated rings. The molecule has 1 aliphatic carbocycles. The van der Waals surface area contributed by atoms with Gasteiger partial charge in [-0.1, -0.05) is 111 Å². The van der Waals surface area contributed by atoms with Crippen LogP contribution in [0.5, 0.6) is 0 Å². The molecule has 0 aliphatic heterocycles. The molecular weight excluding hydrogens is 437 g/mol. The Kier molecular flexibility index (Phi) is 42.5. The molecule has 1 rings (SSSR count). The average molecular weight is 486 g/mol. The van der Waals surface area contributed by atoms with Gasteiger partial charge in [-0.25, -0.2) is 5.57 Å². The predicted molar refractivity (Wildman–Crippen MR) is 134 cm³/mol. The Morgan fingerprint density at radius 1 is 0.821 bits per heavy atom. The van der Waals surface area contributed by atoms with Crippen molar-refractivity contribution in [2.75, 3.05) is 6.54 Å². The molecule has 167 valence electrons. The van der Waals surface area contributed by atoms with Crippen molar-refractivity contribution in [3.63, 3.8) is 0 Å². The van der Waals surface area contributed by atoms with E-state index in [9.17, 15) is 0 Å². The molecule has 0 aromatic heterocycles. The van der Waals surface area contributed by atoms with Crippen LogP contribution >= 0.6 is 24.8 Å². The van der Waals surface area contributed by atoms with Gasteiger partial charge in [0.2, 0.25) is 0 Å². The van der Waals surface area contributed by atoms with E-state index in [1.807, 2.05) is 0 Å². The first-order chi connectivity index (χ1) is 12.0. The Balaban J connectivity index is -0.000000104. The maximum absolute atomic E-state index is 7.00. The molecule has 0 aromatic rings. The summed E-state index contributed by atoms with van der Waals surface area (Å²) in [5, 5.41) is 0. The van der Waals surface area contributed by atoms with Gasteiger partial charge < -0.3 is 5.73 Å². The first-order valence-corrected chi connectivity index (χ1v) is 12.9. The van der Waals surface area contributed by atoms with E-state index in [-0.39, 0.29) is 46.5 Å². The van der Waals surface area contributed by atoms with Gasteiger partial charge in [0, 0.05) is 9.52 Å². The number of nitrogens with one attached hydrogen (secondary N) is 1. The Morgan fingerprint density at radius 2 is 1.18 bits per heavy atom. The number of hydrogen-bond acceptors (Lipinski definition) is 0. The van der Waals surface area contributed by atoms with Gasteiger partial charge in [0.25, 0.3) is 0 Å². The molecule has 0 bridgehead atoms. The van der Waals surface area contributed by atoms with Gasteiger partial charge in [-0.15, -0.1) is 31.7 Å². The molecule has 1 unspecified atom stereocenters. The van der Waals surface area contributed by atoms with Crippen molar-refractivity contribution >= 4 is 34.3 Å². The minimum absolute atomic E-state index is 0. The third kappa shape index (κ3) is 25.0. The van der Waals surface area contributed by atoms with E-state index in [4.69, 9.17) is 5.73 Å². The van der Waals surface area contributed by atoms with Crippen molar-refractivity contribution < 1.29 is 21.7 Å². The minimum Gasteiger partial charge on any atom is -0.677 e. The average Bonchev–Trinajstić information content (AvgIpc) is 2.81. The first kappa shape index (κ1) is 39.4. The second-order valence-electron chi connectivity index (χ2n) is 7.31. The van der Waals surface area contributed by atoms with Gasteiger partial charge in [-0.05, 0) is 0 Å². The smallest absolute Gasteiger partial charge is 0.677 e. The van der Waals surface area contributed by atoms with Crippen molar-refractivity contribution in [1.82, 2.24) is 0 Å². The summed E-state index contributed by atoms with van der Waals surface area (Å²) in [6.45, 7) is 16.0. The largest absolute Gasteiger partial charge is 2.00 e. The summed E-state index contributed by atoms with van der Waals surface area (Å²) in [4.78, 5) is 0. The van der Waals surface area contributed by atoms with Gasteiger partial charge in [-0.3, -0.25) is 6.08 Å². The van der Waals surface area contributed by atoms with Gasteiger partial charge in [0.1, 0.15) is 0 Å². The van der Waals surface area contributed by atoms with Crippen LogP contribution in [0.2, 0.25) is 13.1 Å².